The predicted molar refractivity (Wildman–Crippen MR) is 96.9 cm³/mol. The molecule has 0 aromatic heterocycles. The number of morpholine rings is 1. The van der Waals surface area contributed by atoms with E-state index in [0.717, 1.165) is 18.7 Å². The Kier molecular flexibility index (Phi) is 6.12. The van der Waals surface area contributed by atoms with Gasteiger partial charge in [0.05, 0.1) is 24.6 Å². The molecule has 0 spiro atoms. The Hall–Kier alpha value is -0.990. The molecule has 1 N–H and O–H groups in total. The fraction of sp³-hybridized carbons (Fsp3) is 0.667. The zero-order valence-corrected chi connectivity index (χ0v) is 15.5. The van der Waals surface area contributed by atoms with Gasteiger partial charge in [-0.05, 0) is 24.8 Å². The number of piperidine rings is 1. The van der Waals surface area contributed by atoms with E-state index in [0.29, 0.717) is 52.1 Å². The minimum atomic E-state index is -3.28. The topological polar surface area (TPSA) is 70.1 Å². The normalized spacial score (nSPS) is 22.8. The lowest BCUT2D eigenvalue weighted by atomic mass is 9.92. The van der Waals surface area contributed by atoms with E-state index in [1.54, 1.807) is 4.31 Å². The summed E-state index contributed by atoms with van der Waals surface area (Å²) in [5.74, 6) is 0.124. The lowest BCUT2D eigenvalue weighted by Crippen LogP contribution is -2.54. The molecule has 0 radical (unpaired) electrons. The van der Waals surface area contributed by atoms with Crippen molar-refractivity contribution >= 4 is 10.0 Å². The van der Waals surface area contributed by atoms with Gasteiger partial charge < -0.3 is 9.84 Å². The van der Waals surface area contributed by atoms with Crippen molar-refractivity contribution < 1.29 is 18.3 Å². The average Bonchev–Trinajstić information content (AvgIpc) is 2.62. The molecular formula is C18H28N2O4S. The zero-order chi connectivity index (χ0) is 17.8. The van der Waals surface area contributed by atoms with E-state index in [1.165, 1.54) is 0 Å². The van der Waals surface area contributed by atoms with E-state index < -0.39 is 15.6 Å². The van der Waals surface area contributed by atoms with Crippen LogP contribution in [0.4, 0.5) is 0 Å². The number of hydrogen-bond donors (Lipinski definition) is 1. The van der Waals surface area contributed by atoms with Gasteiger partial charge in [-0.2, -0.15) is 0 Å². The van der Waals surface area contributed by atoms with E-state index in [9.17, 15) is 13.5 Å². The van der Waals surface area contributed by atoms with Crippen LogP contribution in [-0.4, -0.2) is 80.0 Å². The van der Waals surface area contributed by atoms with E-state index in [-0.39, 0.29) is 5.75 Å². The molecular weight excluding hydrogens is 340 g/mol. The number of β-amino-alcohol motifs (C(OH)–C–C–N with tert-alkyl or cyclic N) is 1. The van der Waals surface area contributed by atoms with Crippen LogP contribution in [-0.2, 0) is 21.2 Å². The van der Waals surface area contributed by atoms with Crippen molar-refractivity contribution in [3.63, 3.8) is 0 Å². The number of rotatable bonds is 6. The monoisotopic (exact) mass is 368 g/mol. The summed E-state index contributed by atoms with van der Waals surface area (Å²) in [5.41, 5.74) is 0.245. The Balaban J connectivity index is 1.50. The van der Waals surface area contributed by atoms with E-state index >= 15 is 0 Å². The molecule has 7 heteroatoms. The molecule has 1 aromatic rings. The maximum atomic E-state index is 12.6. The number of ether oxygens (including phenoxy) is 1. The van der Waals surface area contributed by atoms with Gasteiger partial charge in [-0.3, -0.25) is 4.90 Å². The van der Waals surface area contributed by atoms with E-state index in [2.05, 4.69) is 4.90 Å². The van der Waals surface area contributed by atoms with Crippen molar-refractivity contribution in [1.82, 2.24) is 9.21 Å². The van der Waals surface area contributed by atoms with Crippen molar-refractivity contribution in [2.24, 2.45) is 0 Å². The molecule has 2 heterocycles. The molecule has 0 atom stereocenters. The van der Waals surface area contributed by atoms with Crippen molar-refractivity contribution in [3.8, 4) is 0 Å². The Morgan fingerprint density at radius 3 is 2.32 bits per heavy atom. The number of aryl methyl sites for hydroxylation is 1. The second-order valence-corrected chi connectivity index (χ2v) is 9.15. The second-order valence-electron chi connectivity index (χ2n) is 7.06. The quantitative estimate of drug-likeness (QED) is 0.801. The number of sulfonamides is 1. The molecule has 2 aliphatic rings. The van der Waals surface area contributed by atoms with Crippen LogP contribution in [0.3, 0.4) is 0 Å². The van der Waals surface area contributed by atoms with Crippen molar-refractivity contribution in [1.29, 1.82) is 0 Å². The fourth-order valence-corrected chi connectivity index (χ4v) is 5.03. The molecule has 25 heavy (non-hydrogen) atoms. The highest BCUT2D eigenvalue weighted by Gasteiger charge is 2.37. The van der Waals surface area contributed by atoms with Crippen LogP contribution in [0, 0.1) is 0 Å². The second kappa shape index (κ2) is 8.14. The maximum absolute atomic E-state index is 12.6. The lowest BCUT2D eigenvalue weighted by Gasteiger charge is -2.41. The summed E-state index contributed by atoms with van der Waals surface area (Å²) in [7, 11) is -3.28. The Morgan fingerprint density at radius 2 is 1.68 bits per heavy atom. The van der Waals surface area contributed by atoms with Crippen LogP contribution >= 0.6 is 0 Å². The van der Waals surface area contributed by atoms with Crippen molar-refractivity contribution in [3.05, 3.63) is 35.9 Å². The van der Waals surface area contributed by atoms with Crippen molar-refractivity contribution in [2.75, 3.05) is 51.7 Å². The lowest BCUT2D eigenvalue weighted by molar-refractivity contribution is -0.0550. The SMILES string of the molecule is O=S(=O)(CCc1ccccc1)N1CCC(O)(CN2CCOCC2)CC1. The number of benzene rings is 1. The van der Waals surface area contributed by atoms with Crippen molar-refractivity contribution in [2.45, 2.75) is 24.9 Å². The molecule has 0 unspecified atom stereocenters. The molecule has 2 fully saturated rings. The first kappa shape index (κ1) is 18.8. The summed E-state index contributed by atoms with van der Waals surface area (Å²) in [6.45, 7) is 4.49. The molecule has 2 saturated heterocycles. The van der Waals surface area contributed by atoms with Gasteiger partial charge in [0.2, 0.25) is 10.0 Å². The maximum Gasteiger partial charge on any atom is 0.214 e. The Labute approximate surface area is 150 Å². The molecule has 140 valence electrons. The van der Waals surface area contributed by atoms with E-state index in [1.807, 2.05) is 30.3 Å². The molecule has 0 bridgehead atoms. The summed E-state index contributed by atoms with van der Waals surface area (Å²) >= 11 is 0. The predicted octanol–water partition coefficient (Wildman–Crippen LogP) is 0.718. The van der Waals surface area contributed by atoms with Gasteiger partial charge in [-0.25, -0.2) is 12.7 Å². The summed E-state index contributed by atoms with van der Waals surface area (Å²) in [4.78, 5) is 2.21. The largest absolute Gasteiger partial charge is 0.388 e. The third kappa shape index (κ3) is 5.24. The highest BCUT2D eigenvalue weighted by Crippen LogP contribution is 2.25. The minimum Gasteiger partial charge on any atom is -0.388 e. The average molecular weight is 368 g/mol. The van der Waals surface area contributed by atoms with Crippen LogP contribution in [0.1, 0.15) is 18.4 Å². The van der Waals surface area contributed by atoms with Gasteiger partial charge in [0.15, 0.2) is 0 Å². The minimum absolute atomic E-state index is 0.124. The van der Waals surface area contributed by atoms with Gasteiger partial charge >= 0.3 is 0 Å². The Morgan fingerprint density at radius 1 is 1.04 bits per heavy atom. The van der Waals surface area contributed by atoms with Crippen LogP contribution in [0.25, 0.3) is 0 Å². The summed E-state index contributed by atoms with van der Waals surface area (Å²) in [6, 6.07) is 9.68. The smallest absolute Gasteiger partial charge is 0.214 e. The zero-order valence-electron chi connectivity index (χ0n) is 14.6. The first-order valence-corrected chi connectivity index (χ1v) is 10.6. The number of nitrogens with zero attached hydrogens (tertiary/aromatic N) is 2. The molecule has 0 aliphatic carbocycles. The first-order valence-electron chi connectivity index (χ1n) is 9.01. The van der Waals surface area contributed by atoms with Gasteiger partial charge in [-0.1, -0.05) is 30.3 Å². The molecule has 0 saturated carbocycles. The Bertz CT molecular complexity index is 636. The molecule has 6 nitrogen and oxygen atoms in total. The van der Waals surface area contributed by atoms with Gasteiger partial charge in [-0.15, -0.1) is 0 Å². The molecule has 1 aromatic carbocycles. The molecule has 2 aliphatic heterocycles. The fourth-order valence-electron chi connectivity index (χ4n) is 3.53. The van der Waals surface area contributed by atoms with Gasteiger partial charge in [0.25, 0.3) is 0 Å². The highest BCUT2D eigenvalue weighted by molar-refractivity contribution is 7.89. The molecule has 3 rings (SSSR count). The summed E-state index contributed by atoms with van der Waals surface area (Å²) < 4.78 is 32.0. The third-order valence-electron chi connectivity index (χ3n) is 5.16. The van der Waals surface area contributed by atoms with Gasteiger partial charge in [0, 0.05) is 32.7 Å². The van der Waals surface area contributed by atoms with Crippen LogP contribution < -0.4 is 0 Å². The first-order chi connectivity index (χ1) is 12.0. The van der Waals surface area contributed by atoms with Crippen LogP contribution in [0.2, 0.25) is 0 Å². The third-order valence-corrected chi connectivity index (χ3v) is 7.03. The number of aliphatic hydroxyl groups is 1. The van der Waals surface area contributed by atoms with Crippen LogP contribution in [0.15, 0.2) is 30.3 Å². The summed E-state index contributed by atoms with van der Waals surface area (Å²) in [5, 5.41) is 10.8. The summed E-state index contributed by atoms with van der Waals surface area (Å²) in [6.07, 6.45) is 1.52. The van der Waals surface area contributed by atoms with Crippen LogP contribution in [0.5, 0.6) is 0 Å². The van der Waals surface area contributed by atoms with Gasteiger partial charge in [0.1, 0.15) is 0 Å². The van der Waals surface area contributed by atoms with E-state index in [4.69, 9.17) is 4.74 Å². The number of hydrogen-bond acceptors (Lipinski definition) is 5. The standard InChI is InChI=1S/C18H28N2O4S/c21-18(16-19-11-13-24-14-12-19)7-9-20(10-8-18)25(22,23)15-6-17-4-2-1-3-5-17/h1-5,21H,6-16H2. The highest BCUT2D eigenvalue weighted by atomic mass is 32.2. The molecule has 0 amide bonds.